The van der Waals surface area contributed by atoms with E-state index >= 15 is 0 Å². The van der Waals surface area contributed by atoms with Crippen LogP contribution in [-0.2, 0) is 0 Å². The summed E-state index contributed by atoms with van der Waals surface area (Å²) in [6, 6.07) is 6.93. The maximum Gasteiger partial charge on any atom is 0.0919 e. The smallest absolute Gasteiger partial charge is 0.0919 e. The molecule has 2 heteroatoms. The second-order valence-electron chi connectivity index (χ2n) is 5.36. The highest BCUT2D eigenvalue weighted by Gasteiger charge is 2.23. The number of β-amino-alcohol motifs (C(OH)–C–C–N with tert-alkyl or cyclic N) is 1. The molecule has 0 radical (unpaired) electrons. The van der Waals surface area contributed by atoms with Crippen LogP contribution in [0.15, 0.2) is 18.2 Å². The molecule has 2 atom stereocenters. The molecule has 0 aromatic heterocycles. The van der Waals surface area contributed by atoms with Crippen LogP contribution in [0.1, 0.15) is 42.6 Å². The van der Waals surface area contributed by atoms with Crippen LogP contribution in [0.2, 0.25) is 0 Å². The van der Waals surface area contributed by atoms with Gasteiger partial charge in [0.25, 0.3) is 0 Å². The normalized spacial score (nSPS) is 22.9. The maximum atomic E-state index is 10.4. The van der Waals surface area contributed by atoms with Gasteiger partial charge in [0, 0.05) is 12.6 Å². The van der Waals surface area contributed by atoms with E-state index in [1.165, 1.54) is 24.0 Å². The molecule has 1 fully saturated rings. The summed E-state index contributed by atoms with van der Waals surface area (Å²) >= 11 is 0. The summed E-state index contributed by atoms with van der Waals surface area (Å²) in [6.07, 6.45) is 2.18. The number of rotatable bonds is 3. The second-order valence-corrected chi connectivity index (χ2v) is 5.36. The lowest BCUT2D eigenvalue weighted by Gasteiger charge is -2.25. The number of nitrogens with zero attached hydrogens (tertiary/aromatic N) is 1. The molecule has 2 unspecified atom stereocenters. The third kappa shape index (κ3) is 2.88. The summed E-state index contributed by atoms with van der Waals surface area (Å²) in [5.41, 5.74) is 3.50. The minimum absolute atomic E-state index is 0.351. The Morgan fingerprint density at radius 3 is 2.82 bits per heavy atom. The Kier molecular flexibility index (Phi) is 3.85. The Labute approximate surface area is 104 Å². The molecule has 17 heavy (non-hydrogen) atoms. The lowest BCUT2D eigenvalue weighted by atomic mass is 10.0. The number of aryl methyl sites for hydroxylation is 2. The fourth-order valence-electron chi connectivity index (χ4n) is 2.70. The van der Waals surface area contributed by atoms with Crippen molar-refractivity contribution in [1.82, 2.24) is 4.90 Å². The lowest BCUT2D eigenvalue weighted by molar-refractivity contribution is 0.109. The zero-order valence-electron chi connectivity index (χ0n) is 11.1. The minimum atomic E-state index is -0.351. The molecule has 1 aliphatic rings. The van der Waals surface area contributed by atoms with Gasteiger partial charge in [0.2, 0.25) is 0 Å². The monoisotopic (exact) mass is 233 g/mol. The molecule has 0 spiro atoms. The van der Waals surface area contributed by atoms with Crippen molar-refractivity contribution in [2.75, 3.05) is 13.1 Å². The fraction of sp³-hybridized carbons (Fsp3) is 0.600. The van der Waals surface area contributed by atoms with Crippen LogP contribution in [0.5, 0.6) is 0 Å². The third-order valence-electron chi connectivity index (χ3n) is 3.89. The minimum Gasteiger partial charge on any atom is -0.387 e. The first kappa shape index (κ1) is 12.6. The van der Waals surface area contributed by atoms with Gasteiger partial charge in [-0.1, -0.05) is 23.8 Å². The van der Waals surface area contributed by atoms with Crippen molar-refractivity contribution >= 4 is 0 Å². The SMILES string of the molecule is Cc1ccc(C)c(C(O)CN2CCCC2C)c1. The fourth-order valence-corrected chi connectivity index (χ4v) is 2.70. The molecule has 1 saturated heterocycles. The van der Waals surface area contributed by atoms with Crippen molar-refractivity contribution in [2.24, 2.45) is 0 Å². The van der Waals surface area contributed by atoms with E-state index < -0.39 is 0 Å². The van der Waals surface area contributed by atoms with Crippen LogP contribution < -0.4 is 0 Å². The largest absolute Gasteiger partial charge is 0.387 e. The van der Waals surface area contributed by atoms with E-state index in [2.05, 4.69) is 43.9 Å². The zero-order chi connectivity index (χ0) is 12.4. The zero-order valence-corrected chi connectivity index (χ0v) is 11.1. The van der Waals surface area contributed by atoms with Crippen LogP contribution in [0, 0.1) is 13.8 Å². The van der Waals surface area contributed by atoms with Gasteiger partial charge in [-0.3, -0.25) is 4.90 Å². The van der Waals surface area contributed by atoms with E-state index in [0.29, 0.717) is 6.04 Å². The highest BCUT2D eigenvalue weighted by Crippen LogP contribution is 2.24. The molecular formula is C15H23NO. The van der Waals surface area contributed by atoms with E-state index in [1.807, 2.05) is 0 Å². The van der Waals surface area contributed by atoms with Gasteiger partial charge >= 0.3 is 0 Å². The summed E-state index contributed by atoms with van der Waals surface area (Å²) in [5.74, 6) is 0. The summed E-state index contributed by atoms with van der Waals surface area (Å²) in [5, 5.41) is 10.4. The quantitative estimate of drug-likeness (QED) is 0.867. The Morgan fingerprint density at radius 1 is 1.41 bits per heavy atom. The van der Waals surface area contributed by atoms with Crippen molar-refractivity contribution in [2.45, 2.75) is 45.8 Å². The van der Waals surface area contributed by atoms with Crippen molar-refractivity contribution in [1.29, 1.82) is 0 Å². The van der Waals surface area contributed by atoms with Crippen LogP contribution in [0.4, 0.5) is 0 Å². The summed E-state index contributed by atoms with van der Waals surface area (Å²) in [6.45, 7) is 8.30. The molecule has 1 heterocycles. The van der Waals surface area contributed by atoms with Crippen molar-refractivity contribution in [3.63, 3.8) is 0 Å². The number of benzene rings is 1. The molecule has 1 aliphatic heterocycles. The molecular weight excluding hydrogens is 210 g/mol. The first-order valence-electron chi connectivity index (χ1n) is 6.57. The predicted octanol–water partition coefficient (Wildman–Crippen LogP) is 2.82. The molecule has 0 saturated carbocycles. The third-order valence-corrected chi connectivity index (χ3v) is 3.89. The van der Waals surface area contributed by atoms with E-state index in [1.54, 1.807) is 0 Å². The Bertz CT molecular complexity index is 389. The van der Waals surface area contributed by atoms with Crippen LogP contribution in [0.3, 0.4) is 0 Å². The van der Waals surface area contributed by atoms with Gasteiger partial charge in [0.15, 0.2) is 0 Å². The average molecular weight is 233 g/mol. The van der Waals surface area contributed by atoms with E-state index in [9.17, 15) is 5.11 Å². The van der Waals surface area contributed by atoms with Gasteiger partial charge in [-0.05, 0) is 51.3 Å². The number of aliphatic hydroxyl groups is 1. The van der Waals surface area contributed by atoms with Gasteiger partial charge in [-0.15, -0.1) is 0 Å². The number of hydrogen-bond donors (Lipinski definition) is 1. The average Bonchev–Trinajstić information content (AvgIpc) is 2.68. The molecule has 1 aromatic rings. The molecule has 1 N–H and O–H groups in total. The van der Waals surface area contributed by atoms with Crippen LogP contribution >= 0.6 is 0 Å². The molecule has 0 amide bonds. The van der Waals surface area contributed by atoms with Gasteiger partial charge in [-0.25, -0.2) is 0 Å². The second kappa shape index (κ2) is 5.19. The molecule has 94 valence electrons. The standard InChI is InChI=1S/C15H23NO/c1-11-6-7-12(2)14(9-11)15(17)10-16-8-4-5-13(16)3/h6-7,9,13,15,17H,4-5,8,10H2,1-3H3. The van der Waals surface area contributed by atoms with Crippen molar-refractivity contribution < 1.29 is 5.11 Å². The number of hydrogen-bond acceptors (Lipinski definition) is 2. The van der Waals surface area contributed by atoms with Crippen LogP contribution in [-0.4, -0.2) is 29.1 Å². The first-order valence-corrected chi connectivity index (χ1v) is 6.57. The van der Waals surface area contributed by atoms with E-state index in [0.717, 1.165) is 18.7 Å². The summed E-state index contributed by atoms with van der Waals surface area (Å²) < 4.78 is 0. The topological polar surface area (TPSA) is 23.5 Å². The van der Waals surface area contributed by atoms with Gasteiger partial charge in [0.05, 0.1) is 6.10 Å². The highest BCUT2D eigenvalue weighted by molar-refractivity contribution is 5.32. The Morgan fingerprint density at radius 2 is 2.18 bits per heavy atom. The van der Waals surface area contributed by atoms with Gasteiger partial charge in [0.1, 0.15) is 0 Å². The van der Waals surface area contributed by atoms with E-state index in [-0.39, 0.29) is 6.10 Å². The molecule has 0 aliphatic carbocycles. The van der Waals surface area contributed by atoms with Gasteiger partial charge in [-0.2, -0.15) is 0 Å². The van der Waals surface area contributed by atoms with Crippen molar-refractivity contribution in [3.05, 3.63) is 34.9 Å². The molecule has 2 rings (SSSR count). The first-order chi connectivity index (χ1) is 8.08. The van der Waals surface area contributed by atoms with Crippen LogP contribution in [0.25, 0.3) is 0 Å². The highest BCUT2D eigenvalue weighted by atomic mass is 16.3. The van der Waals surface area contributed by atoms with Crippen molar-refractivity contribution in [3.8, 4) is 0 Å². The lowest BCUT2D eigenvalue weighted by Crippen LogP contribution is -2.31. The number of aliphatic hydroxyl groups excluding tert-OH is 1. The molecule has 2 nitrogen and oxygen atoms in total. The Hall–Kier alpha value is -0.860. The molecule has 1 aromatic carbocycles. The molecule has 0 bridgehead atoms. The predicted molar refractivity (Wildman–Crippen MR) is 71.1 cm³/mol. The summed E-state index contributed by atoms with van der Waals surface area (Å²) in [7, 11) is 0. The summed E-state index contributed by atoms with van der Waals surface area (Å²) in [4.78, 5) is 2.40. The number of likely N-dealkylation sites (tertiary alicyclic amines) is 1. The van der Waals surface area contributed by atoms with E-state index in [4.69, 9.17) is 0 Å². The van der Waals surface area contributed by atoms with Gasteiger partial charge < -0.3 is 5.11 Å². The maximum absolute atomic E-state index is 10.4. The Balaban J connectivity index is 2.08.